The van der Waals surface area contributed by atoms with E-state index in [2.05, 4.69) is 0 Å². The van der Waals surface area contributed by atoms with Crippen LogP contribution in [0, 0.1) is 0 Å². The van der Waals surface area contributed by atoms with E-state index in [0.717, 1.165) is 0 Å². The molecule has 0 radical (unpaired) electrons. The van der Waals surface area contributed by atoms with E-state index in [1.54, 1.807) is 41.8 Å². The summed E-state index contributed by atoms with van der Waals surface area (Å²) in [6.45, 7) is 0. The molecule has 21 heavy (non-hydrogen) atoms. The molecule has 6 heteroatoms. The van der Waals surface area contributed by atoms with Crippen LogP contribution in [-0.4, -0.2) is 19.0 Å². The Hall–Kier alpha value is -2.60. The molecule has 1 amide bonds. The number of ether oxygens (including phenoxy) is 2. The molecular formula is C15H13NO4S. The molecule has 1 aromatic carbocycles. The first-order chi connectivity index (χ1) is 10.1. The van der Waals surface area contributed by atoms with E-state index in [9.17, 15) is 9.59 Å². The summed E-state index contributed by atoms with van der Waals surface area (Å²) in [7, 11) is 1.47. The zero-order chi connectivity index (χ0) is 15.2. The molecule has 0 fully saturated rings. The fourth-order valence-corrected chi connectivity index (χ4v) is 2.19. The monoisotopic (exact) mass is 303 g/mol. The molecule has 1 aromatic heterocycles. The van der Waals surface area contributed by atoms with Gasteiger partial charge in [0.2, 0.25) is 5.91 Å². The highest BCUT2D eigenvalue weighted by Gasteiger charge is 2.13. The Morgan fingerprint density at radius 1 is 1.24 bits per heavy atom. The molecule has 0 bridgehead atoms. The summed E-state index contributed by atoms with van der Waals surface area (Å²) >= 11 is 1.30. The van der Waals surface area contributed by atoms with Crippen LogP contribution in [0.1, 0.15) is 15.2 Å². The first kappa shape index (κ1) is 14.8. The number of primary amides is 1. The van der Waals surface area contributed by atoms with E-state index >= 15 is 0 Å². The van der Waals surface area contributed by atoms with E-state index in [4.69, 9.17) is 15.2 Å². The summed E-state index contributed by atoms with van der Waals surface area (Å²) in [4.78, 5) is 23.1. The van der Waals surface area contributed by atoms with Crippen LogP contribution >= 0.6 is 11.3 Å². The van der Waals surface area contributed by atoms with Crippen molar-refractivity contribution >= 4 is 29.3 Å². The Labute approximate surface area is 125 Å². The highest BCUT2D eigenvalue weighted by molar-refractivity contribution is 7.12. The van der Waals surface area contributed by atoms with Gasteiger partial charge in [0.15, 0.2) is 11.5 Å². The zero-order valence-electron chi connectivity index (χ0n) is 11.2. The van der Waals surface area contributed by atoms with Gasteiger partial charge in [-0.15, -0.1) is 11.3 Å². The lowest BCUT2D eigenvalue weighted by atomic mass is 10.2. The van der Waals surface area contributed by atoms with Gasteiger partial charge in [0.25, 0.3) is 0 Å². The fourth-order valence-electron chi connectivity index (χ4n) is 1.60. The number of thiophene rings is 1. The average Bonchev–Trinajstić information content (AvgIpc) is 3.00. The quantitative estimate of drug-likeness (QED) is 0.523. The Morgan fingerprint density at radius 2 is 2.05 bits per heavy atom. The van der Waals surface area contributed by atoms with Gasteiger partial charge in [0, 0.05) is 6.08 Å². The first-order valence-corrected chi connectivity index (χ1v) is 6.89. The second-order valence-electron chi connectivity index (χ2n) is 4.01. The molecule has 2 rings (SSSR count). The highest BCUT2D eigenvalue weighted by atomic mass is 32.1. The summed E-state index contributed by atoms with van der Waals surface area (Å²) in [5.74, 6) is -0.274. The number of carbonyl (C=O) groups excluding carboxylic acids is 2. The van der Waals surface area contributed by atoms with E-state index in [-0.39, 0.29) is 0 Å². The Kier molecular flexibility index (Phi) is 4.73. The standard InChI is InChI=1S/C15H13NO4S/c1-19-12-9-10(5-7-14(16)17)4-6-11(12)20-15(18)13-3-2-8-21-13/h2-9H,1H3,(H2,16,17)/b7-5-. The number of hydrogen-bond donors (Lipinski definition) is 1. The maximum absolute atomic E-state index is 11.9. The van der Waals surface area contributed by atoms with Gasteiger partial charge in [-0.25, -0.2) is 4.79 Å². The predicted molar refractivity (Wildman–Crippen MR) is 80.5 cm³/mol. The summed E-state index contributed by atoms with van der Waals surface area (Å²) in [5, 5.41) is 1.80. The second kappa shape index (κ2) is 6.71. The van der Waals surface area contributed by atoms with Crippen LogP contribution in [0.3, 0.4) is 0 Å². The Balaban J connectivity index is 2.20. The van der Waals surface area contributed by atoms with Gasteiger partial charge >= 0.3 is 5.97 Å². The summed E-state index contributed by atoms with van der Waals surface area (Å²) in [6, 6.07) is 8.40. The number of carbonyl (C=O) groups is 2. The maximum Gasteiger partial charge on any atom is 0.353 e. The molecule has 0 aliphatic heterocycles. The molecule has 0 aliphatic carbocycles. The van der Waals surface area contributed by atoms with Crippen molar-refractivity contribution in [3.8, 4) is 11.5 Å². The third kappa shape index (κ3) is 3.93. The molecule has 5 nitrogen and oxygen atoms in total. The molecule has 108 valence electrons. The van der Waals surface area contributed by atoms with Crippen LogP contribution in [0.4, 0.5) is 0 Å². The molecule has 0 spiro atoms. The van der Waals surface area contributed by atoms with E-state index in [1.165, 1.54) is 24.5 Å². The van der Waals surface area contributed by atoms with Gasteiger partial charge in [-0.2, -0.15) is 0 Å². The van der Waals surface area contributed by atoms with Crippen LogP contribution in [0.25, 0.3) is 6.08 Å². The first-order valence-electron chi connectivity index (χ1n) is 6.01. The largest absolute Gasteiger partial charge is 0.493 e. The summed E-state index contributed by atoms with van der Waals surface area (Å²) in [6.07, 6.45) is 2.79. The van der Waals surface area contributed by atoms with Crippen molar-refractivity contribution in [2.45, 2.75) is 0 Å². The molecule has 2 N–H and O–H groups in total. The van der Waals surface area contributed by atoms with Crippen molar-refractivity contribution in [3.05, 3.63) is 52.2 Å². The third-order valence-electron chi connectivity index (χ3n) is 2.55. The third-order valence-corrected chi connectivity index (χ3v) is 3.40. The molecule has 0 atom stereocenters. The minimum atomic E-state index is -0.540. The van der Waals surface area contributed by atoms with Crippen LogP contribution in [0.15, 0.2) is 41.8 Å². The number of esters is 1. The predicted octanol–water partition coefficient (Wildman–Crippen LogP) is 2.47. The number of hydrogen-bond acceptors (Lipinski definition) is 5. The molecule has 0 unspecified atom stereocenters. The lowest BCUT2D eigenvalue weighted by Gasteiger charge is -2.09. The zero-order valence-corrected chi connectivity index (χ0v) is 12.1. The van der Waals surface area contributed by atoms with Crippen molar-refractivity contribution in [2.24, 2.45) is 5.73 Å². The molecule has 1 heterocycles. The van der Waals surface area contributed by atoms with Crippen molar-refractivity contribution in [1.82, 2.24) is 0 Å². The van der Waals surface area contributed by atoms with E-state index < -0.39 is 11.9 Å². The summed E-state index contributed by atoms with van der Waals surface area (Å²) < 4.78 is 10.5. The van der Waals surface area contributed by atoms with Crippen molar-refractivity contribution in [3.63, 3.8) is 0 Å². The normalized spacial score (nSPS) is 10.5. The number of amides is 1. The van der Waals surface area contributed by atoms with Crippen LogP contribution in [0.5, 0.6) is 11.5 Å². The molecular weight excluding hydrogens is 290 g/mol. The topological polar surface area (TPSA) is 78.6 Å². The minimum absolute atomic E-state index is 0.312. The van der Waals surface area contributed by atoms with E-state index in [0.29, 0.717) is 21.9 Å². The lowest BCUT2D eigenvalue weighted by Crippen LogP contribution is -2.07. The highest BCUT2D eigenvalue weighted by Crippen LogP contribution is 2.29. The van der Waals surface area contributed by atoms with Crippen molar-refractivity contribution in [2.75, 3.05) is 7.11 Å². The lowest BCUT2D eigenvalue weighted by molar-refractivity contribution is -0.113. The van der Waals surface area contributed by atoms with Crippen molar-refractivity contribution < 1.29 is 19.1 Å². The Morgan fingerprint density at radius 3 is 2.67 bits per heavy atom. The number of rotatable bonds is 5. The van der Waals surface area contributed by atoms with Gasteiger partial charge in [-0.05, 0) is 35.2 Å². The maximum atomic E-state index is 11.9. The summed E-state index contributed by atoms with van der Waals surface area (Å²) in [5.41, 5.74) is 5.75. The molecule has 0 saturated heterocycles. The van der Waals surface area contributed by atoms with Gasteiger partial charge in [-0.3, -0.25) is 4.79 Å². The fraction of sp³-hybridized carbons (Fsp3) is 0.0667. The van der Waals surface area contributed by atoms with Crippen LogP contribution in [0.2, 0.25) is 0 Å². The van der Waals surface area contributed by atoms with Gasteiger partial charge < -0.3 is 15.2 Å². The number of nitrogens with two attached hydrogens (primary N) is 1. The van der Waals surface area contributed by atoms with Gasteiger partial charge in [0.1, 0.15) is 4.88 Å². The molecule has 2 aromatic rings. The van der Waals surface area contributed by atoms with Gasteiger partial charge in [-0.1, -0.05) is 12.1 Å². The van der Waals surface area contributed by atoms with Gasteiger partial charge in [0.05, 0.1) is 7.11 Å². The Bertz CT molecular complexity index is 677. The average molecular weight is 303 g/mol. The van der Waals surface area contributed by atoms with Crippen molar-refractivity contribution in [1.29, 1.82) is 0 Å². The molecule has 0 saturated carbocycles. The van der Waals surface area contributed by atoms with E-state index in [1.807, 2.05) is 0 Å². The van der Waals surface area contributed by atoms with Crippen LogP contribution < -0.4 is 15.2 Å². The van der Waals surface area contributed by atoms with Crippen LogP contribution in [-0.2, 0) is 4.79 Å². The SMILES string of the molecule is COc1cc(/C=C\C(N)=O)ccc1OC(=O)c1cccs1. The number of methoxy groups -OCH3 is 1. The second-order valence-corrected chi connectivity index (χ2v) is 4.96. The number of benzene rings is 1. The smallest absolute Gasteiger partial charge is 0.353 e. The molecule has 0 aliphatic rings. The minimum Gasteiger partial charge on any atom is -0.493 e.